The van der Waals surface area contributed by atoms with E-state index in [2.05, 4.69) is 20.7 Å². The second-order valence-corrected chi connectivity index (χ2v) is 11.6. The van der Waals surface area contributed by atoms with Crippen LogP contribution in [0.1, 0.15) is 52.9 Å². The summed E-state index contributed by atoms with van der Waals surface area (Å²) in [6, 6.07) is 0. The van der Waals surface area contributed by atoms with Gasteiger partial charge in [0.2, 0.25) is 9.05 Å². The minimum Gasteiger partial charge on any atom is -0.397 e. The summed E-state index contributed by atoms with van der Waals surface area (Å²) < 4.78 is 61.4. The molecule has 2 fully saturated rings. The molecule has 18 nitrogen and oxygen atoms in total. The molecule has 0 aliphatic carbocycles. The average Bonchev–Trinajstić information content (AvgIpc) is 3.01. The third-order valence-electron chi connectivity index (χ3n) is 4.72. The van der Waals surface area contributed by atoms with Gasteiger partial charge >= 0.3 is 29.6 Å². The Morgan fingerprint density at radius 1 is 0.766 bits per heavy atom. The number of azide groups is 1. The maximum atomic E-state index is 9.40. The second-order valence-electron chi connectivity index (χ2n) is 8.55. The zero-order valence-corrected chi connectivity index (χ0v) is 31.0. The maximum absolute atomic E-state index is 9.40. The predicted octanol–water partition coefficient (Wildman–Crippen LogP) is 1.12. The van der Waals surface area contributed by atoms with Crippen molar-refractivity contribution in [2.45, 2.75) is 65.5 Å². The van der Waals surface area contributed by atoms with E-state index in [0.717, 1.165) is 45.2 Å². The van der Waals surface area contributed by atoms with E-state index in [1.165, 1.54) is 17.8 Å². The van der Waals surface area contributed by atoms with E-state index in [-0.39, 0.29) is 62.8 Å². The molecule has 0 aromatic rings. The van der Waals surface area contributed by atoms with E-state index in [4.69, 9.17) is 64.7 Å². The molecule has 2 N–H and O–H groups in total. The largest absolute Gasteiger partial charge is 1.00 e. The normalized spacial score (nSPS) is 16.4. The second kappa shape index (κ2) is 47.6. The van der Waals surface area contributed by atoms with Gasteiger partial charge in [-0.25, -0.2) is 8.42 Å². The predicted molar refractivity (Wildman–Crippen MR) is 174 cm³/mol. The Balaban J connectivity index is -0.000000185. The van der Waals surface area contributed by atoms with Gasteiger partial charge in [-0.05, 0) is 51.0 Å². The smallest absolute Gasteiger partial charge is 0.397 e. The summed E-state index contributed by atoms with van der Waals surface area (Å²) >= 11 is 0. The Labute approximate surface area is 306 Å². The number of nitrogens with zero attached hydrogens (tertiary/aromatic N) is 6. The summed E-state index contributed by atoms with van der Waals surface area (Å²) in [6.07, 6.45) is 7.41. The maximum Gasteiger partial charge on any atom is 1.00 e. The standard InChI is InChI=1S/C11H21N3O4.C11H22O5.C2H6O.CH3ClO2S.CH4.N3.Na/c12-14-13-4-6-15-7-8-16-9-10-18-11-3-1-2-5-17-11;12-4-6-13-7-8-14-9-10-16-11-3-1-2-5-15-11;1-2-3;1-5(2,3)4;;1-3-2;/h11H,1-10H2;11-12H,1-10H2;3H,2H2,1H3;1H3;1H4;;/q;;;;;-1;+1. The fraction of sp³-hybridized carbons (Fsp3) is 1.00. The van der Waals surface area contributed by atoms with Gasteiger partial charge in [0.05, 0.1) is 78.9 Å². The van der Waals surface area contributed by atoms with Gasteiger partial charge in [0, 0.05) is 42.0 Å². The number of aliphatic hydroxyl groups is 2. The van der Waals surface area contributed by atoms with Crippen molar-refractivity contribution in [1.82, 2.24) is 0 Å². The first kappa shape index (κ1) is 55.9. The van der Waals surface area contributed by atoms with Crippen LogP contribution >= 0.6 is 10.7 Å². The molecular formula is C26H56ClN6NaO12S. The number of hydrogen-bond acceptors (Lipinski definition) is 13. The van der Waals surface area contributed by atoms with Crippen LogP contribution in [0.5, 0.6) is 0 Å². The molecular weight excluding hydrogens is 679 g/mol. The van der Waals surface area contributed by atoms with Crippen LogP contribution in [0.15, 0.2) is 5.11 Å². The van der Waals surface area contributed by atoms with Crippen molar-refractivity contribution < 1.29 is 86.1 Å². The molecule has 0 amide bonds. The Morgan fingerprint density at radius 3 is 1.43 bits per heavy atom. The molecule has 21 heteroatoms. The number of aliphatic hydroxyl groups excluding tert-OH is 2. The molecule has 0 bridgehead atoms. The molecule has 47 heavy (non-hydrogen) atoms. The Hall–Kier alpha value is -0.540. The van der Waals surface area contributed by atoms with E-state index in [1.807, 2.05) is 0 Å². The minimum absolute atomic E-state index is 0. The van der Waals surface area contributed by atoms with E-state index in [9.17, 15) is 8.42 Å². The Bertz CT molecular complexity index is 782. The van der Waals surface area contributed by atoms with E-state index in [1.54, 1.807) is 6.92 Å². The van der Waals surface area contributed by atoms with Gasteiger partial charge in [-0.3, -0.25) is 4.91 Å². The zero-order valence-electron chi connectivity index (χ0n) is 27.5. The van der Waals surface area contributed by atoms with Gasteiger partial charge in [0.1, 0.15) is 0 Å². The van der Waals surface area contributed by atoms with Crippen LogP contribution in [-0.2, 0) is 46.9 Å². The van der Waals surface area contributed by atoms with Crippen molar-refractivity contribution in [2.24, 2.45) is 5.11 Å². The van der Waals surface area contributed by atoms with Crippen molar-refractivity contribution in [3.05, 3.63) is 26.4 Å². The third-order valence-corrected chi connectivity index (χ3v) is 4.72. The van der Waals surface area contributed by atoms with E-state index >= 15 is 0 Å². The van der Waals surface area contributed by atoms with Gasteiger partial charge in [-0.1, -0.05) is 12.5 Å². The van der Waals surface area contributed by atoms with Crippen LogP contribution in [0, 0.1) is 0 Å². The van der Waals surface area contributed by atoms with Gasteiger partial charge in [-0.2, -0.15) is 0 Å². The third kappa shape index (κ3) is 61.2. The molecule has 2 heterocycles. The topological polar surface area (TPSA) is 256 Å². The number of hydrogen-bond donors (Lipinski definition) is 2. The summed E-state index contributed by atoms with van der Waals surface area (Å²) in [5, 5.41) is 19.4. The average molecular weight is 735 g/mol. The molecule has 2 saturated heterocycles. The molecule has 0 spiro atoms. The fourth-order valence-corrected chi connectivity index (χ4v) is 3.02. The van der Waals surface area contributed by atoms with Crippen molar-refractivity contribution in [3.63, 3.8) is 0 Å². The first-order valence-corrected chi connectivity index (χ1v) is 17.3. The molecule has 0 aromatic carbocycles. The first-order chi connectivity index (χ1) is 21.7. The summed E-state index contributed by atoms with van der Waals surface area (Å²) in [5.74, 6) is 0. The Morgan fingerprint density at radius 2 is 1.11 bits per heavy atom. The summed E-state index contributed by atoms with van der Waals surface area (Å²) in [4.78, 5) is 4.12. The summed E-state index contributed by atoms with van der Waals surface area (Å²) in [7, 11) is 1.31. The molecule has 2 aliphatic rings. The quantitative estimate of drug-likeness (QED) is 0.0473. The fourth-order valence-electron chi connectivity index (χ4n) is 3.02. The van der Waals surface area contributed by atoms with Gasteiger partial charge in [0.25, 0.3) is 0 Å². The van der Waals surface area contributed by atoms with E-state index < -0.39 is 9.05 Å². The van der Waals surface area contributed by atoms with Crippen LogP contribution in [0.25, 0.3) is 26.4 Å². The molecule has 2 rings (SSSR count). The van der Waals surface area contributed by atoms with Crippen molar-refractivity contribution in [3.8, 4) is 0 Å². The van der Waals surface area contributed by atoms with Crippen LogP contribution in [0.2, 0.25) is 0 Å². The first-order valence-electron chi connectivity index (χ1n) is 14.6. The number of rotatable bonds is 19. The molecule has 0 aromatic heterocycles. The SMILES string of the molecule is C.CCO.CS(=O)(=O)Cl.OCCOCCOCCOC1CCCCO1.[N-]=[N+]=NCCOCCOCCOC1CCCCO1.[N-]=[N+]=[N-].[Na+]. The monoisotopic (exact) mass is 734 g/mol. The summed E-state index contributed by atoms with van der Waals surface area (Å²) in [6.45, 7) is 9.03. The van der Waals surface area contributed by atoms with Crippen molar-refractivity contribution in [1.29, 1.82) is 0 Å². The van der Waals surface area contributed by atoms with Gasteiger partial charge < -0.3 is 59.2 Å². The van der Waals surface area contributed by atoms with Gasteiger partial charge in [-0.15, -0.1) is 0 Å². The van der Waals surface area contributed by atoms with Crippen LogP contribution in [0.4, 0.5) is 0 Å². The molecule has 276 valence electrons. The molecule has 2 atom stereocenters. The molecule has 0 radical (unpaired) electrons. The molecule has 2 unspecified atom stereocenters. The molecule has 2 aliphatic heterocycles. The minimum atomic E-state index is -3.19. The molecule has 0 saturated carbocycles. The summed E-state index contributed by atoms with van der Waals surface area (Å²) in [5.41, 5.74) is 21.5. The Kier molecular flexibility index (Phi) is 56.5. The number of ether oxygens (including phenoxy) is 8. The zero-order chi connectivity index (χ0) is 34.3. The van der Waals surface area contributed by atoms with Crippen LogP contribution < -0.4 is 29.6 Å². The number of halogens is 1. The van der Waals surface area contributed by atoms with Crippen molar-refractivity contribution in [2.75, 3.05) is 105 Å². The van der Waals surface area contributed by atoms with Crippen LogP contribution in [0.3, 0.4) is 0 Å². The van der Waals surface area contributed by atoms with E-state index in [0.29, 0.717) is 72.6 Å². The van der Waals surface area contributed by atoms with Crippen molar-refractivity contribution >= 4 is 19.7 Å². The van der Waals surface area contributed by atoms with Crippen LogP contribution in [-0.4, -0.2) is 137 Å². The van der Waals surface area contributed by atoms with Gasteiger partial charge in [0.15, 0.2) is 12.6 Å².